The fraction of sp³-hybridized carbons (Fsp3) is 0.424. The number of carbonyl (C=O) groups excluding carboxylic acids is 1. The van der Waals surface area contributed by atoms with Crippen molar-refractivity contribution in [2.24, 2.45) is 5.92 Å². The highest BCUT2D eigenvalue weighted by atomic mass is 35.5. The van der Waals surface area contributed by atoms with E-state index in [1.165, 1.54) is 0 Å². The third-order valence-corrected chi connectivity index (χ3v) is 7.21. The Balaban J connectivity index is 0.00000462. The standard InChI is InChI=1S/C33H42N2O5.ClH/c1-24(2)35(33(36)27-15-16-31(38-4)32(20-27)39-18-10-17-37-3)28-19-25(21-34-22-28)23-40-30-14-9-8-13-29(30)26-11-6-5-7-12-26;/h5-9,11-16,20,24-25,28,34H,10,17-19,21-23H2,1-4H3;1H/t25-,28+;/m0./s1. The van der Waals surface area contributed by atoms with Crippen LogP contribution in [0.25, 0.3) is 11.1 Å². The normalized spacial score (nSPS) is 16.5. The van der Waals surface area contributed by atoms with Gasteiger partial charge in [-0.2, -0.15) is 0 Å². The number of methoxy groups -OCH3 is 2. The summed E-state index contributed by atoms with van der Waals surface area (Å²) in [5.74, 6) is 2.31. The number of hydrogen-bond acceptors (Lipinski definition) is 6. The molecule has 0 bridgehead atoms. The fourth-order valence-electron chi connectivity index (χ4n) is 5.28. The van der Waals surface area contributed by atoms with Crippen molar-refractivity contribution in [3.05, 3.63) is 78.4 Å². The molecule has 2 atom stereocenters. The number of carbonyl (C=O) groups is 1. The molecule has 0 unspecified atom stereocenters. The monoisotopic (exact) mass is 582 g/mol. The number of benzene rings is 3. The minimum Gasteiger partial charge on any atom is -0.493 e. The summed E-state index contributed by atoms with van der Waals surface area (Å²) >= 11 is 0. The molecule has 41 heavy (non-hydrogen) atoms. The molecule has 8 heteroatoms. The highest BCUT2D eigenvalue weighted by Crippen LogP contribution is 2.32. The van der Waals surface area contributed by atoms with E-state index >= 15 is 0 Å². The molecule has 222 valence electrons. The Labute approximate surface area is 250 Å². The summed E-state index contributed by atoms with van der Waals surface area (Å²) in [6.07, 6.45) is 1.62. The lowest BCUT2D eigenvalue weighted by Gasteiger charge is -2.40. The van der Waals surface area contributed by atoms with E-state index in [4.69, 9.17) is 18.9 Å². The lowest BCUT2D eigenvalue weighted by Crippen LogP contribution is -2.54. The van der Waals surface area contributed by atoms with Gasteiger partial charge in [0.2, 0.25) is 0 Å². The Kier molecular flexibility index (Phi) is 12.8. The quantitative estimate of drug-likeness (QED) is 0.245. The highest BCUT2D eigenvalue weighted by Gasteiger charge is 2.32. The number of rotatable bonds is 13. The molecule has 0 spiro atoms. The van der Waals surface area contributed by atoms with Crippen LogP contribution in [0, 0.1) is 5.92 Å². The number of nitrogens with one attached hydrogen (secondary N) is 1. The minimum absolute atomic E-state index is 0. The highest BCUT2D eigenvalue weighted by molar-refractivity contribution is 5.95. The molecule has 1 fully saturated rings. The first-order valence-electron chi connectivity index (χ1n) is 14.1. The molecule has 0 saturated carbocycles. The number of ether oxygens (including phenoxy) is 4. The molecule has 3 aromatic carbocycles. The van der Waals surface area contributed by atoms with Gasteiger partial charge in [0.1, 0.15) is 5.75 Å². The van der Waals surface area contributed by atoms with Gasteiger partial charge in [-0.05, 0) is 50.1 Å². The van der Waals surface area contributed by atoms with Crippen LogP contribution in [0.3, 0.4) is 0 Å². The Bertz CT molecular complexity index is 1220. The van der Waals surface area contributed by atoms with E-state index in [1.807, 2.05) is 47.4 Å². The molecular formula is C33H43ClN2O5. The lowest BCUT2D eigenvalue weighted by atomic mass is 9.93. The van der Waals surface area contributed by atoms with Crippen LogP contribution < -0.4 is 19.5 Å². The van der Waals surface area contributed by atoms with Crippen LogP contribution in [-0.4, -0.2) is 70.0 Å². The molecular weight excluding hydrogens is 540 g/mol. The van der Waals surface area contributed by atoms with Gasteiger partial charge in [0.05, 0.1) is 20.3 Å². The summed E-state index contributed by atoms with van der Waals surface area (Å²) in [4.78, 5) is 15.8. The van der Waals surface area contributed by atoms with Crippen LogP contribution in [0.2, 0.25) is 0 Å². The smallest absolute Gasteiger partial charge is 0.254 e. The van der Waals surface area contributed by atoms with Crippen LogP contribution >= 0.6 is 12.4 Å². The van der Waals surface area contributed by atoms with Crippen molar-refractivity contribution < 1.29 is 23.7 Å². The molecule has 0 radical (unpaired) electrons. The molecule has 0 aromatic heterocycles. The number of hydrogen-bond donors (Lipinski definition) is 1. The van der Waals surface area contributed by atoms with Gasteiger partial charge >= 0.3 is 0 Å². The van der Waals surface area contributed by atoms with Gasteiger partial charge in [-0.15, -0.1) is 12.4 Å². The number of amides is 1. The van der Waals surface area contributed by atoms with Crippen molar-refractivity contribution in [3.8, 4) is 28.4 Å². The topological polar surface area (TPSA) is 69.3 Å². The summed E-state index contributed by atoms with van der Waals surface area (Å²) in [6.45, 7) is 7.41. The van der Waals surface area contributed by atoms with Gasteiger partial charge in [-0.1, -0.05) is 48.5 Å². The number of halogens is 1. The molecule has 0 aliphatic carbocycles. The van der Waals surface area contributed by atoms with Crippen molar-refractivity contribution >= 4 is 18.3 Å². The molecule has 7 nitrogen and oxygen atoms in total. The second-order valence-corrected chi connectivity index (χ2v) is 10.5. The summed E-state index contributed by atoms with van der Waals surface area (Å²) in [6, 6.07) is 24.0. The Hall–Kier alpha value is -3.26. The molecule has 1 aliphatic heterocycles. The van der Waals surface area contributed by atoms with Crippen LogP contribution in [-0.2, 0) is 4.74 Å². The maximum absolute atomic E-state index is 13.9. The first-order valence-corrected chi connectivity index (χ1v) is 14.1. The summed E-state index contributed by atoms with van der Waals surface area (Å²) < 4.78 is 22.9. The fourth-order valence-corrected chi connectivity index (χ4v) is 5.28. The van der Waals surface area contributed by atoms with Crippen LogP contribution in [0.15, 0.2) is 72.8 Å². The molecule has 3 aromatic rings. The van der Waals surface area contributed by atoms with Crippen molar-refractivity contribution in [3.63, 3.8) is 0 Å². The SMILES string of the molecule is COCCCOc1cc(C(=O)N(C(C)C)[C@H]2CNC[C@@H](COc3ccccc3-c3ccccc3)C2)ccc1OC.Cl. The summed E-state index contributed by atoms with van der Waals surface area (Å²) in [5.41, 5.74) is 2.81. The predicted octanol–water partition coefficient (Wildman–Crippen LogP) is 6.11. The van der Waals surface area contributed by atoms with Gasteiger partial charge in [0.25, 0.3) is 5.91 Å². The maximum Gasteiger partial charge on any atom is 0.254 e. The number of piperidine rings is 1. The maximum atomic E-state index is 13.9. The molecule has 1 saturated heterocycles. The lowest BCUT2D eigenvalue weighted by molar-refractivity contribution is 0.0509. The average Bonchev–Trinajstić information content (AvgIpc) is 2.99. The Morgan fingerprint density at radius 1 is 0.902 bits per heavy atom. The van der Waals surface area contributed by atoms with E-state index in [-0.39, 0.29) is 36.3 Å². The second-order valence-electron chi connectivity index (χ2n) is 10.5. The molecule has 4 rings (SSSR count). The average molecular weight is 583 g/mol. The zero-order valence-corrected chi connectivity index (χ0v) is 25.3. The predicted molar refractivity (Wildman–Crippen MR) is 166 cm³/mol. The molecule has 1 aliphatic rings. The number of para-hydroxylation sites is 1. The van der Waals surface area contributed by atoms with E-state index in [9.17, 15) is 4.79 Å². The zero-order valence-electron chi connectivity index (χ0n) is 24.5. The summed E-state index contributed by atoms with van der Waals surface area (Å²) in [5, 5.41) is 3.55. The first kappa shape index (κ1) is 32.3. The van der Waals surface area contributed by atoms with Gasteiger partial charge in [-0.3, -0.25) is 4.79 Å². The van der Waals surface area contributed by atoms with Crippen LogP contribution in [0.4, 0.5) is 0 Å². The third-order valence-electron chi connectivity index (χ3n) is 7.21. The van der Waals surface area contributed by atoms with E-state index in [1.54, 1.807) is 26.4 Å². The number of nitrogens with zero attached hydrogens (tertiary/aromatic N) is 1. The van der Waals surface area contributed by atoms with Crippen molar-refractivity contribution in [2.75, 3.05) is 47.1 Å². The minimum atomic E-state index is -0.0119. The van der Waals surface area contributed by atoms with Crippen molar-refractivity contribution in [2.45, 2.75) is 38.8 Å². The summed E-state index contributed by atoms with van der Waals surface area (Å²) in [7, 11) is 3.27. The second kappa shape index (κ2) is 16.2. The largest absolute Gasteiger partial charge is 0.493 e. The van der Waals surface area contributed by atoms with Crippen LogP contribution in [0.1, 0.15) is 37.0 Å². The van der Waals surface area contributed by atoms with E-state index < -0.39 is 0 Å². The Morgan fingerprint density at radius 2 is 1.66 bits per heavy atom. The van der Waals surface area contributed by atoms with Crippen molar-refractivity contribution in [1.29, 1.82) is 0 Å². The van der Waals surface area contributed by atoms with Gasteiger partial charge < -0.3 is 29.2 Å². The van der Waals surface area contributed by atoms with Crippen LogP contribution in [0.5, 0.6) is 17.2 Å². The zero-order chi connectivity index (χ0) is 28.3. The van der Waals surface area contributed by atoms with Gasteiger partial charge in [0.15, 0.2) is 11.5 Å². The van der Waals surface area contributed by atoms with Gasteiger partial charge in [0, 0.05) is 62.4 Å². The molecule has 1 N–H and O–H groups in total. The Morgan fingerprint density at radius 3 is 2.39 bits per heavy atom. The van der Waals surface area contributed by atoms with E-state index in [0.29, 0.717) is 36.9 Å². The van der Waals surface area contributed by atoms with Crippen molar-refractivity contribution in [1.82, 2.24) is 10.2 Å². The molecule has 1 heterocycles. The van der Waals surface area contributed by atoms with E-state index in [0.717, 1.165) is 42.8 Å². The van der Waals surface area contributed by atoms with E-state index in [2.05, 4.69) is 37.4 Å². The molecule has 1 amide bonds. The van der Waals surface area contributed by atoms with Gasteiger partial charge in [-0.25, -0.2) is 0 Å². The first-order chi connectivity index (χ1) is 19.5. The third kappa shape index (κ3) is 8.62.